The second-order valence-corrected chi connectivity index (χ2v) is 12.9. The maximum atomic E-state index is 13.6. The Morgan fingerprint density at radius 2 is 1.88 bits per heavy atom. The number of hydrogen-bond acceptors (Lipinski definition) is 7. The molecular weight excluding hydrogens is 570 g/mol. The Hall–Kier alpha value is -3.71. The lowest BCUT2D eigenvalue weighted by molar-refractivity contribution is -0.129. The average molecular weight is 605 g/mol. The summed E-state index contributed by atoms with van der Waals surface area (Å²) < 4.78 is 60.4. The van der Waals surface area contributed by atoms with Crippen molar-refractivity contribution in [1.29, 1.82) is 0 Å². The molecule has 1 saturated heterocycles. The van der Waals surface area contributed by atoms with Gasteiger partial charge in [0.05, 0.1) is 12.6 Å². The number of nitrogens with one attached hydrogen (secondary N) is 2. The Labute approximate surface area is 242 Å². The summed E-state index contributed by atoms with van der Waals surface area (Å²) in [6, 6.07) is 8.07. The van der Waals surface area contributed by atoms with E-state index in [4.69, 9.17) is 4.42 Å². The van der Waals surface area contributed by atoms with Gasteiger partial charge in [0.1, 0.15) is 11.6 Å². The van der Waals surface area contributed by atoms with E-state index in [1.807, 2.05) is 19.9 Å². The molecule has 0 saturated carbocycles. The molecule has 1 aromatic carbocycles. The lowest BCUT2D eigenvalue weighted by atomic mass is 10.0. The number of carbonyl (C=O) groups is 3. The molecule has 2 N–H and O–H groups in total. The lowest BCUT2D eigenvalue weighted by Crippen LogP contribution is -2.52. The van der Waals surface area contributed by atoms with E-state index in [9.17, 15) is 31.6 Å². The normalized spacial score (nSPS) is 19.5. The summed E-state index contributed by atoms with van der Waals surface area (Å²) in [4.78, 5) is 43.2. The number of nitrogens with zero attached hydrogens (tertiary/aromatic N) is 2. The Balaban J connectivity index is 1.47. The average Bonchev–Trinajstić information content (AvgIpc) is 3.31. The van der Waals surface area contributed by atoms with E-state index < -0.39 is 68.8 Å². The Morgan fingerprint density at radius 1 is 1.17 bits per heavy atom. The third-order valence-corrected chi connectivity index (χ3v) is 9.05. The fourth-order valence-electron chi connectivity index (χ4n) is 4.82. The second kappa shape index (κ2) is 12.3. The molecule has 10 nitrogen and oxygen atoms in total. The predicted octanol–water partition coefficient (Wildman–Crippen LogP) is 4.01. The molecule has 0 bridgehead atoms. The number of para-hydroxylation sites is 1. The summed E-state index contributed by atoms with van der Waals surface area (Å²) in [6.07, 6.45) is 1.49. The molecule has 4 rings (SSSR count). The number of halogens is 2. The molecule has 0 aliphatic carbocycles. The highest BCUT2D eigenvalue weighted by atomic mass is 32.2. The number of carbonyl (C=O) groups excluding carboxylic acids is 3. The Bertz CT molecular complexity index is 1530. The van der Waals surface area contributed by atoms with E-state index in [0.717, 1.165) is 28.0 Å². The van der Waals surface area contributed by atoms with Gasteiger partial charge in [-0.1, -0.05) is 32.0 Å². The number of amides is 2. The number of aromatic nitrogens is 1. The zero-order chi connectivity index (χ0) is 30.8. The SMILES string of the molecule is CC(C)CC(NC(=O)c1cc2ccccc2o1)C(=O)NC1CCC(C)N(S(=O)(=O)c2ccc(C(C)(F)F)cn2)CC1=O. The number of ketones is 1. The standard InChI is InChI=1S/C29H34F2N4O6S/c1-17(2)13-22(34-28(38)25-14-19-7-5-6-8-24(19)41-25)27(37)33-21-11-9-18(3)35(16-23(21)36)42(39,40)26-12-10-20(15-32-26)29(4,30)31/h5-8,10,12,14-15,17-18,21-22H,9,11,13,16H2,1-4H3,(H,33,37)(H,34,38). The van der Waals surface area contributed by atoms with Gasteiger partial charge >= 0.3 is 0 Å². The molecule has 3 heterocycles. The fourth-order valence-corrected chi connectivity index (χ4v) is 6.36. The van der Waals surface area contributed by atoms with E-state index in [1.54, 1.807) is 31.2 Å². The second-order valence-electron chi connectivity index (χ2n) is 11.1. The Morgan fingerprint density at radius 3 is 2.50 bits per heavy atom. The first kappa shape index (κ1) is 31.2. The first-order valence-corrected chi connectivity index (χ1v) is 15.1. The van der Waals surface area contributed by atoms with Crippen LogP contribution in [0.3, 0.4) is 0 Å². The van der Waals surface area contributed by atoms with Crippen molar-refractivity contribution in [2.75, 3.05) is 6.54 Å². The number of sulfonamides is 1. The number of benzene rings is 1. The minimum absolute atomic E-state index is 0.0220. The van der Waals surface area contributed by atoms with Crippen molar-refractivity contribution in [3.63, 3.8) is 0 Å². The molecule has 0 radical (unpaired) electrons. The number of furan rings is 1. The van der Waals surface area contributed by atoms with Gasteiger partial charge in [-0.25, -0.2) is 22.2 Å². The zero-order valence-corrected chi connectivity index (χ0v) is 24.6. The largest absolute Gasteiger partial charge is 0.451 e. The smallest absolute Gasteiger partial charge is 0.287 e. The number of fused-ring (bicyclic) bond motifs is 1. The number of pyridine rings is 1. The molecule has 3 aromatic rings. The van der Waals surface area contributed by atoms with Crippen LogP contribution in [0.25, 0.3) is 11.0 Å². The zero-order valence-electron chi connectivity index (χ0n) is 23.8. The molecular formula is C29H34F2N4O6S. The molecule has 2 aromatic heterocycles. The summed E-state index contributed by atoms with van der Waals surface area (Å²) in [7, 11) is -4.30. The molecule has 1 fully saturated rings. The van der Waals surface area contributed by atoms with Gasteiger partial charge in [-0.15, -0.1) is 0 Å². The summed E-state index contributed by atoms with van der Waals surface area (Å²) in [5, 5.41) is 5.68. The lowest BCUT2D eigenvalue weighted by Gasteiger charge is -2.25. The van der Waals surface area contributed by atoms with Gasteiger partial charge in [0.2, 0.25) is 5.91 Å². The summed E-state index contributed by atoms with van der Waals surface area (Å²) in [6.45, 7) is 5.53. The van der Waals surface area contributed by atoms with Crippen LogP contribution in [0.4, 0.5) is 8.78 Å². The summed E-state index contributed by atoms with van der Waals surface area (Å²) in [5.41, 5.74) is 0.0900. The van der Waals surface area contributed by atoms with Crippen LogP contribution in [-0.4, -0.2) is 60.0 Å². The predicted molar refractivity (Wildman–Crippen MR) is 150 cm³/mol. The van der Waals surface area contributed by atoms with Crippen molar-refractivity contribution in [1.82, 2.24) is 19.9 Å². The van der Waals surface area contributed by atoms with Crippen LogP contribution in [0.2, 0.25) is 0 Å². The van der Waals surface area contributed by atoms with Crippen molar-refractivity contribution in [3.8, 4) is 0 Å². The van der Waals surface area contributed by atoms with Crippen molar-refractivity contribution in [2.24, 2.45) is 5.92 Å². The van der Waals surface area contributed by atoms with Crippen molar-refractivity contribution in [3.05, 3.63) is 60.0 Å². The van der Waals surface area contributed by atoms with Crippen LogP contribution in [0.1, 0.15) is 63.1 Å². The van der Waals surface area contributed by atoms with Crippen molar-refractivity contribution in [2.45, 2.75) is 76.0 Å². The fraction of sp³-hybridized carbons (Fsp3) is 0.448. The minimum Gasteiger partial charge on any atom is -0.451 e. The minimum atomic E-state index is -4.30. The van der Waals surface area contributed by atoms with Crippen molar-refractivity contribution >= 4 is 38.6 Å². The van der Waals surface area contributed by atoms with Gasteiger partial charge in [-0.2, -0.15) is 4.31 Å². The van der Waals surface area contributed by atoms with E-state index in [0.29, 0.717) is 12.5 Å². The number of alkyl halides is 2. The van der Waals surface area contributed by atoms with Gasteiger partial charge in [0.15, 0.2) is 16.6 Å². The van der Waals surface area contributed by atoms with Crippen LogP contribution in [-0.2, 0) is 25.5 Å². The maximum Gasteiger partial charge on any atom is 0.287 e. The third kappa shape index (κ3) is 7.01. The molecule has 2 amide bonds. The number of Topliss-reactive ketones (excluding diaryl/α,β-unsaturated/α-hetero) is 1. The van der Waals surface area contributed by atoms with Gasteiger partial charge < -0.3 is 15.1 Å². The van der Waals surface area contributed by atoms with Gasteiger partial charge in [0.25, 0.3) is 21.9 Å². The Kier molecular flexibility index (Phi) is 9.12. The monoisotopic (exact) mass is 604 g/mol. The molecule has 13 heteroatoms. The highest BCUT2D eigenvalue weighted by Crippen LogP contribution is 2.28. The summed E-state index contributed by atoms with van der Waals surface area (Å²) in [5.74, 6) is -4.82. The number of rotatable bonds is 9. The quantitative estimate of drug-likeness (QED) is 0.376. The van der Waals surface area contributed by atoms with Gasteiger partial charge in [0, 0.05) is 30.1 Å². The molecule has 42 heavy (non-hydrogen) atoms. The molecule has 3 unspecified atom stereocenters. The van der Waals surface area contributed by atoms with Crippen molar-refractivity contribution < 1.29 is 36.0 Å². The van der Waals surface area contributed by atoms with E-state index in [-0.39, 0.29) is 30.9 Å². The first-order valence-electron chi connectivity index (χ1n) is 13.7. The molecule has 1 aliphatic heterocycles. The first-order chi connectivity index (χ1) is 19.7. The highest BCUT2D eigenvalue weighted by molar-refractivity contribution is 7.89. The highest BCUT2D eigenvalue weighted by Gasteiger charge is 2.38. The number of hydrogen-bond donors (Lipinski definition) is 2. The topological polar surface area (TPSA) is 139 Å². The van der Waals surface area contributed by atoms with Crippen LogP contribution >= 0.6 is 0 Å². The van der Waals surface area contributed by atoms with Crippen LogP contribution in [0.5, 0.6) is 0 Å². The van der Waals surface area contributed by atoms with Gasteiger partial charge in [-0.3, -0.25) is 14.4 Å². The van der Waals surface area contributed by atoms with Crippen LogP contribution in [0.15, 0.2) is 58.1 Å². The van der Waals surface area contributed by atoms with E-state index in [2.05, 4.69) is 15.6 Å². The van der Waals surface area contributed by atoms with Crippen LogP contribution < -0.4 is 10.6 Å². The van der Waals surface area contributed by atoms with Crippen LogP contribution in [0, 0.1) is 5.92 Å². The van der Waals surface area contributed by atoms with E-state index in [1.165, 1.54) is 0 Å². The molecule has 1 aliphatic rings. The molecule has 3 atom stereocenters. The third-order valence-electron chi connectivity index (χ3n) is 7.18. The maximum absolute atomic E-state index is 13.6. The molecule has 0 spiro atoms. The van der Waals surface area contributed by atoms with Gasteiger partial charge in [-0.05, 0) is 56.4 Å². The van der Waals surface area contributed by atoms with E-state index >= 15 is 0 Å². The summed E-state index contributed by atoms with van der Waals surface area (Å²) >= 11 is 0. The molecule has 226 valence electrons.